The van der Waals surface area contributed by atoms with Crippen molar-refractivity contribution in [1.82, 2.24) is 0 Å². The van der Waals surface area contributed by atoms with Gasteiger partial charge in [-0.25, -0.2) is 22.0 Å². The number of benzene rings is 5. The zero-order valence-corrected chi connectivity index (χ0v) is 15.9. The Morgan fingerprint density at radius 3 is 1.32 bits per heavy atom. The summed E-state index contributed by atoms with van der Waals surface area (Å²) in [5, 5.41) is 1.91. The highest BCUT2D eigenvalue weighted by Crippen LogP contribution is 2.45. The Morgan fingerprint density at radius 1 is 0.387 bits per heavy atom. The van der Waals surface area contributed by atoms with Crippen LogP contribution in [0.1, 0.15) is 0 Å². The summed E-state index contributed by atoms with van der Waals surface area (Å²) in [6, 6.07) is 17.3. The second kappa shape index (κ2) is 7.20. The molecule has 0 radical (unpaired) electrons. The molecule has 5 heteroatoms. The third-order valence-corrected chi connectivity index (χ3v) is 5.39. The van der Waals surface area contributed by atoms with Crippen LogP contribution < -0.4 is 0 Å². The Bertz CT molecular complexity index is 1490. The molecule has 5 aromatic carbocycles. The van der Waals surface area contributed by atoms with E-state index in [0.717, 1.165) is 24.3 Å². The average molecular weight is 420 g/mol. The molecule has 0 aliphatic carbocycles. The van der Waals surface area contributed by atoms with Crippen molar-refractivity contribution in [2.45, 2.75) is 0 Å². The van der Waals surface area contributed by atoms with Gasteiger partial charge in [0.25, 0.3) is 0 Å². The number of hydrogen-bond acceptors (Lipinski definition) is 0. The van der Waals surface area contributed by atoms with Crippen molar-refractivity contribution in [1.29, 1.82) is 0 Å². The fourth-order valence-electron chi connectivity index (χ4n) is 4.12. The van der Waals surface area contributed by atoms with E-state index >= 15 is 0 Å². The van der Waals surface area contributed by atoms with Gasteiger partial charge in [0.15, 0.2) is 0 Å². The molecule has 31 heavy (non-hydrogen) atoms. The van der Waals surface area contributed by atoms with E-state index in [1.54, 1.807) is 24.3 Å². The first kappa shape index (κ1) is 19.2. The monoisotopic (exact) mass is 420 g/mol. The highest BCUT2D eigenvalue weighted by Gasteiger charge is 2.21. The van der Waals surface area contributed by atoms with E-state index in [1.165, 1.54) is 30.3 Å². The summed E-state index contributed by atoms with van der Waals surface area (Å²) >= 11 is 0. The topological polar surface area (TPSA) is 0 Å². The molecule has 0 nitrogen and oxygen atoms in total. The van der Waals surface area contributed by atoms with Crippen molar-refractivity contribution in [2.75, 3.05) is 0 Å². The lowest BCUT2D eigenvalue weighted by Gasteiger charge is -2.18. The molecule has 0 unspecified atom stereocenters. The summed E-state index contributed by atoms with van der Waals surface area (Å²) in [5.74, 6) is -3.57. The lowest BCUT2D eigenvalue weighted by atomic mass is 9.85. The molecule has 0 bridgehead atoms. The Balaban J connectivity index is 2.02. The van der Waals surface area contributed by atoms with Crippen LogP contribution in [0.4, 0.5) is 22.0 Å². The van der Waals surface area contributed by atoms with Crippen LogP contribution in [0, 0.1) is 29.1 Å². The number of hydrogen-bond donors (Lipinski definition) is 0. The Labute approximate surface area is 174 Å². The van der Waals surface area contributed by atoms with E-state index in [0.29, 0.717) is 32.7 Å². The smallest absolute Gasteiger partial charge is 0.133 e. The summed E-state index contributed by atoms with van der Waals surface area (Å²) in [6.07, 6.45) is 0. The van der Waals surface area contributed by atoms with Gasteiger partial charge in [-0.3, -0.25) is 0 Å². The highest BCUT2D eigenvalue weighted by molar-refractivity contribution is 6.21. The van der Waals surface area contributed by atoms with Crippen LogP contribution in [0.2, 0.25) is 0 Å². The van der Waals surface area contributed by atoms with Crippen molar-refractivity contribution >= 4 is 21.5 Å². The van der Waals surface area contributed by atoms with Gasteiger partial charge < -0.3 is 0 Å². The molecule has 5 rings (SSSR count). The molecule has 0 saturated heterocycles. The average Bonchev–Trinajstić information content (AvgIpc) is 2.73. The fraction of sp³-hybridized carbons (Fsp3) is 0. The van der Waals surface area contributed by atoms with Gasteiger partial charge in [-0.05, 0) is 57.9 Å². The van der Waals surface area contributed by atoms with Gasteiger partial charge in [0.2, 0.25) is 0 Å². The van der Waals surface area contributed by atoms with Crippen molar-refractivity contribution in [3.05, 3.63) is 108 Å². The largest absolute Gasteiger partial charge is 0.207 e. The summed E-state index contributed by atoms with van der Waals surface area (Å²) in [5.41, 5.74) is 1.04. The van der Waals surface area contributed by atoms with Gasteiger partial charge in [-0.15, -0.1) is 0 Å². The van der Waals surface area contributed by atoms with Gasteiger partial charge in [0.05, 0.1) is 0 Å². The third kappa shape index (κ3) is 3.13. The molecule has 0 fully saturated rings. The molecule has 5 aromatic rings. The lowest BCUT2D eigenvalue weighted by molar-refractivity contribution is 0.585. The van der Waals surface area contributed by atoms with E-state index < -0.39 is 29.1 Å². The Morgan fingerprint density at radius 2 is 0.806 bits per heavy atom. The molecular formula is C26H13F5. The first-order valence-corrected chi connectivity index (χ1v) is 9.49. The van der Waals surface area contributed by atoms with Crippen LogP contribution >= 0.6 is 0 Å². The first-order valence-electron chi connectivity index (χ1n) is 9.49. The zero-order valence-electron chi connectivity index (χ0n) is 15.9. The molecule has 0 heterocycles. The van der Waals surface area contributed by atoms with Crippen molar-refractivity contribution in [3.8, 4) is 22.3 Å². The first-order chi connectivity index (χ1) is 14.9. The Kier molecular flexibility index (Phi) is 4.47. The Hall–Kier alpha value is -3.73. The molecule has 0 aliphatic rings. The van der Waals surface area contributed by atoms with E-state index in [1.807, 2.05) is 0 Å². The third-order valence-electron chi connectivity index (χ3n) is 5.39. The maximum Gasteiger partial charge on any atom is 0.133 e. The van der Waals surface area contributed by atoms with E-state index in [-0.39, 0.29) is 11.1 Å². The number of fused-ring (bicyclic) bond motifs is 2. The minimum atomic E-state index is -0.795. The van der Waals surface area contributed by atoms with Crippen LogP contribution in [0.15, 0.2) is 78.9 Å². The van der Waals surface area contributed by atoms with E-state index in [2.05, 4.69) is 0 Å². The van der Waals surface area contributed by atoms with E-state index in [9.17, 15) is 22.0 Å². The van der Waals surface area contributed by atoms with E-state index in [4.69, 9.17) is 0 Å². The van der Waals surface area contributed by atoms with Crippen LogP contribution in [0.3, 0.4) is 0 Å². The summed E-state index contributed by atoms with van der Waals surface area (Å²) < 4.78 is 71.0. The lowest BCUT2D eigenvalue weighted by Crippen LogP contribution is -1.95. The summed E-state index contributed by atoms with van der Waals surface area (Å²) in [4.78, 5) is 0. The fourth-order valence-corrected chi connectivity index (χ4v) is 4.12. The van der Waals surface area contributed by atoms with Crippen LogP contribution in [0.5, 0.6) is 0 Å². The molecule has 0 amide bonds. The number of halogens is 5. The molecule has 0 aliphatic heterocycles. The normalized spacial score (nSPS) is 11.4. The van der Waals surface area contributed by atoms with Gasteiger partial charge in [0.1, 0.15) is 29.1 Å². The SMILES string of the molecule is Fc1ccc(-c2c3ccccc3c(-c3ccc(F)cc3F)c3cc(F)ccc23)c(F)c1. The molecular weight excluding hydrogens is 407 g/mol. The molecule has 152 valence electrons. The van der Waals surface area contributed by atoms with Gasteiger partial charge in [-0.1, -0.05) is 30.3 Å². The molecule has 0 aromatic heterocycles. The van der Waals surface area contributed by atoms with Gasteiger partial charge in [0, 0.05) is 34.4 Å². The maximum absolute atomic E-state index is 14.8. The molecule has 0 saturated carbocycles. The minimum Gasteiger partial charge on any atom is -0.207 e. The zero-order chi connectivity index (χ0) is 21.7. The quantitative estimate of drug-likeness (QED) is 0.200. The second-order valence-electron chi connectivity index (χ2n) is 7.23. The maximum atomic E-state index is 14.8. The molecule has 0 spiro atoms. The van der Waals surface area contributed by atoms with Crippen LogP contribution in [0.25, 0.3) is 43.8 Å². The minimum absolute atomic E-state index is 0.0966. The van der Waals surface area contributed by atoms with Crippen LogP contribution in [-0.4, -0.2) is 0 Å². The van der Waals surface area contributed by atoms with Crippen molar-refractivity contribution < 1.29 is 22.0 Å². The number of rotatable bonds is 2. The van der Waals surface area contributed by atoms with Crippen molar-refractivity contribution in [2.24, 2.45) is 0 Å². The predicted molar refractivity (Wildman–Crippen MR) is 112 cm³/mol. The second-order valence-corrected chi connectivity index (χ2v) is 7.23. The van der Waals surface area contributed by atoms with Crippen molar-refractivity contribution in [3.63, 3.8) is 0 Å². The van der Waals surface area contributed by atoms with Gasteiger partial charge >= 0.3 is 0 Å². The van der Waals surface area contributed by atoms with Crippen LogP contribution in [-0.2, 0) is 0 Å². The standard InChI is InChI=1S/C26H13F5/c27-14-5-8-19-22(11-14)26(21-10-7-16(29)13-24(21)31)18-4-2-1-3-17(18)25(19)20-9-6-15(28)12-23(20)30/h1-13H. The van der Waals surface area contributed by atoms with Gasteiger partial charge in [-0.2, -0.15) is 0 Å². The predicted octanol–water partition coefficient (Wildman–Crippen LogP) is 8.02. The summed E-state index contributed by atoms with van der Waals surface area (Å²) in [6.45, 7) is 0. The molecule has 0 atom stereocenters. The highest BCUT2D eigenvalue weighted by atomic mass is 19.1. The summed E-state index contributed by atoms with van der Waals surface area (Å²) in [7, 11) is 0. The molecule has 0 N–H and O–H groups in total.